The second kappa shape index (κ2) is 6.00. The van der Waals surface area contributed by atoms with E-state index in [1.54, 1.807) is 0 Å². The normalized spacial score (nSPS) is 20.6. The first-order valence-corrected chi connectivity index (χ1v) is 8.16. The maximum atomic E-state index is 12.5. The van der Waals surface area contributed by atoms with Gasteiger partial charge in [-0.3, -0.25) is 14.7 Å². The van der Waals surface area contributed by atoms with Gasteiger partial charge in [-0.25, -0.2) is 0 Å². The average Bonchev–Trinajstić information content (AvgIpc) is 3.21. The van der Waals surface area contributed by atoms with Gasteiger partial charge in [0.1, 0.15) is 0 Å². The molecule has 3 N–H and O–H groups in total. The highest BCUT2D eigenvalue weighted by Crippen LogP contribution is 2.43. The number of amides is 1. The quantitative estimate of drug-likeness (QED) is 0.731. The fourth-order valence-electron chi connectivity index (χ4n) is 2.83. The SMILES string of the molecule is O=C(O)CC1(NC(=O)c2n[nH]c(C3CC3)c2Br)CCOCC1. The van der Waals surface area contributed by atoms with Crippen LogP contribution in [-0.2, 0) is 9.53 Å². The smallest absolute Gasteiger partial charge is 0.305 e. The van der Waals surface area contributed by atoms with Crippen LogP contribution in [0.1, 0.15) is 54.2 Å². The van der Waals surface area contributed by atoms with Crippen molar-refractivity contribution < 1.29 is 19.4 Å². The van der Waals surface area contributed by atoms with Crippen molar-refractivity contribution in [1.82, 2.24) is 15.5 Å². The molecule has 0 aromatic carbocycles. The molecule has 7 nitrogen and oxygen atoms in total. The Bertz CT molecular complexity index is 591. The number of carbonyl (C=O) groups excluding carboxylic acids is 1. The van der Waals surface area contributed by atoms with E-state index in [1.165, 1.54) is 0 Å². The lowest BCUT2D eigenvalue weighted by Crippen LogP contribution is -2.53. The molecule has 1 aromatic heterocycles. The summed E-state index contributed by atoms with van der Waals surface area (Å²) in [5.41, 5.74) is 0.474. The van der Waals surface area contributed by atoms with Crippen LogP contribution >= 0.6 is 15.9 Å². The van der Waals surface area contributed by atoms with Crippen LogP contribution in [0, 0.1) is 0 Å². The molecule has 2 fully saturated rings. The molecular weight excluding hydrogens is 354 g/mol. The van der Waals surface area contributed by atoms with E-state index in [9.17, 15) is 9.59 Å². The molecule has 2 aliphatic rings. The van der Waals surface area contributed by atoms with Crippen molar-refractivity contribution in [2.75, 3.05) is 13.2 Å². The predicted octanol–water partition coefficient (Wildman–Crippen LogP) is 1.80. The minimum atomic E-state index is -0.929. The third-order valence-corrected chi connectivity index (χ3v) is 5.05. The van der Waals surface area contributed by atoms with Gasteiger partial charge in [-0.1, -0.05) is 0 Å². The molecule has 8 heteroatoms. The van der Waals surface area contributed by atoms with Crippen molar-refractivity contribution in [3.05, 3.63) is 15.9 Å². The zero-order valence-electron chi connectivity index (χ0n) is 12.0. The Morgan fingerprint density at radius 1 is 1.41 bits per heavy atom. The minimum Gasteiger partial charge on any atom is -0.481 e. The topological polar surface area (TPSA) is 104 Å². The summed E-state index contributed by atoms with van der Waals surface area (Å²) in [5, 5.41) is 19.0. The second-order valence-electron chi connectivity index (χ2n) is 5.99. The third-order valence-electron chi connectivity index (χ3n) is 4.25. The molecule has 22 heavy (non-hydrogen) atoms. The molecule has 1 saturated heterocycles. The fourth-order valence-corrected chi connectivity index (χ4v) is 3.51. The summed E-state index contributed by atoms with van der Waals surface area (Å²) in [6, 6.07) is 0. The maximum Gasteiger partial charge on any atom is 0.305 e. The van der Waals surface area contributed by atoms with E-state index in [4.69, 9.17) is 9.84 Å². The molecule has 0 spiro atoms. The summed E-state index contributed by atoms with van der Waals surface area (Å²) in [5.74, 6) is -0.834. The van der Waals surface area contributed by atoms with Gasteiger partial charge in [0.2, 0.25) is 0 Å². The number of hydrogen-bond acceptors (Lipinski definition) is 4. The Hall–Kier alpha value is -1.41. The van der Waals surface area contributed by atoms with Crippen LogP contribution in [0.4, 0.5) is 0 Å². The van der Waals surface area contributed by atoms with Gasteiger partial charge in [0.05, 0.1) is 22.1 Å². The zero-order chi connectivity index (χ0) is 15.7. The first-order chi connectivity index (χ1) is 10.5. The van der Waals surface area contributed by atoms with Crippen molar-refractivity contribution in [3.8, 4) is 0 Å². The van der Waals surface area contributed by atoms with Crippen LogP contribution in [0.5, 0.6) is 0 Å². The highest BCUT2D eigenvalue weighted by Gasteiger charge is 2.38. The lowest BCUT2D eigenvalue weighted by molar-refractivity contribution is -0.139. The molecule has 2 heterocycles. The van der Waals surface area contributed by atoms with E-state index in [0.717, 1.165) is 18.5 Å². The van der Waals surface area contributed by atoms with Gasteiger partial charge < -0.3 is 15.2 Å². The van der Waals surface area contributed by atoms with E-state index >= 15 is 0 Å². The first-order valence-electron chi connectivity index (χ1n) is 7.36. The van der Waals surface area contributed by atoms with Crippen LogP contribution in [0.15, 0.2) is 4.47 Å². The van der Waals surface area contributed by atoms with Crippen molar-refractivity contribution in [2.24, 2.45) is 0 Å². The van der Waals surface area contributed by atoms with Gasteiger partial charge in [-0.05, 0) is 41.6 Å². The number of halogens is 1. The molecule has 3 rings (SSSR count). The van der Waals surface area contributed by atoms with E-state index in [1.807, 2.05) is 0 Å². The van der Waals surface area contributed by atoms with Gasteiger partial charge in [0.25, 0.3) is 5.91 Å². The molecule has 1 saturated carbocycles. The Morgan fingerprint density at radius 2 is 2.09 bits per heavy atom. The number of aromatic amines is 1. The first kappa shape index (κ1) is 15.5. The number of hydrogen-bond donors (Lipinski definition) is 3. The largest absolute Gasteiger partial charge is 0.481 e. The molecule has 1 amide bonds. The Balaban J connectivity index is 1.77. The molecule has 120 valence electrons. The van der Waals surface area contributed by atoms with E-state index in [2.05, 4.69) is 31.4 Å². The highest BCUT2D eigenvalue weighted by molar-refractivity contribution is 9.10. The summed E-state index contributed by atoms with van der Waals surface area (Å²) in [6.45, 7) is 0.894. The number of nitrogens with zero attached hydrogens (tertiary/aromatic N) is 1. The minimum absolute atomic E-state index is 0.111. The van der Waals surface area contributed by atoms with Gasteiger partial charge >= 0.3 is 5.97 Å². The lowest BCUT2D eigenvalue weighted by atomic mass is 9.86. The summed E-state index contributed by atoms with van der Waals surface area (Å²) in [7, 11) is 0. The second-order valence-corrected chi connectivity index (χ2v) is 6.78. The molecule has 0 bridgehead atoms. The average molecular weight is 372 g/mol. The molecular formula is C14H18BrN3O4. The van der Waals surface area contributed by atoms with Crippen LogP contribution in [0.3, 0.4) is 0 Å². The standard InChI is InChI=1S/C14H18BrN3O4/c15-10-11(8-1-2-8)17-18-12(10)13(21)16-14(7-9(19)20)3-5-22-6-4-14/h8H,1-7H2,(H,16,21)(H,17,18)(H,19,20). The molecule has 0 radical (unpaired) electrons. The van der Waals surface area contributed by atoms with Crippen molar-refractivity contribution in [1.29, 1.82) is 0 Å². The van der Waals surface area contributed by atoms with Crippen LogP contribution in [0.25, 0.3) is 0 Å². The Morgan fingerprint density at radius 3 is 2.68 bits per heavy atom. The summed E-state index contributed by atoms with van der Waals surface area (Å²) < 4.78 is 5.97. The number of aliphatic carboxylic acids is 1. The van der Waals surface area contributed by atoms with Gasteiger partial charge in [-0.2, -0.15) is 5.10 Å². The maximum absolute atomic E-state index is 12.5. The number of carboxylic acids is 1. The molecule has 0 unspecified atom stereocenters. The van der Waals surface area contributed by atoms with Crippen molar-refractivity contribution in [2.45, 2.75) is 43.6 Å². The lowest BCUT2D eigenvalue weighted by Gasteiger charge is -2.36. The third kappa shape index (κ3) is 3.17. The number of ether oxygens (including phenoxy) is 1. The van der Waals surface area contributed by atoms with Crippen LogP contribution < -0.4 is 5.32 Å². The fraction of sp³-hybridized carbons (Fsp3) is 0.643. The van der Waals surface area contributed by atoms with Gasteiger partial charge in [0.15, 0.2) is 5.69 Å². The van der Waals surface area contributed by atoms with Crippen molar-refractivity contribution >= 4 is 27.8 Å². The number of rotatable bonds is 5. The predicted molar refractivity (Wildman–Crippen MR) is 80.8 cm³/mol. The summed E-state index contributed by atoms with van der Waals surface area (Å²) >= 11 is 3.43. The number of aromatic nitrogens is 2. The number of H-pyrrole nitrogens is 1. The van der Waals surface area contributed by atoms with E-state index in [0.29, 0.717) is 36.4 Å². The van der Waals surface area contributed by atoms with E-state index in [-0.39, 0.29) is 18.0 Å². The van der Waals surface area contributed by atoms with Gasteiger partial charge in [0, 0.05) is 19.1 Å². The monoisotopic (exact) mass is 371 g/mol. The summed E-state index contributed by atoms with van der Waals surface area (Å²) in [4.78, 5) is 23.7. The molecule has 0 atom stereocenters. The molecule has 1 aromatic rings. The molecule has 1 aliphatic carbocycles. The Kier molecular flexibility index (Phi) is 4.22. The van der Waals surface area contributed by atoms with Gasteiger partial charge in [-0.15, -0.1) is 0 Å². The summed E-state index contributed by atoms with van der Waals surface area (Å²) in [6.07, 6.45) is 3.06. The van der Waals surface area contributed by atoms with E-state index < -0.39 is 11.5 Å². The van der Waals surface area contributed by atoms with Crippen LogP contribution in [-0.4, -0.2) is 45.9 Å². The zero-order valence-corrected chi connectivity index (χ0v) is 13.6. The number of nitrogens with one attached hydrogen (secondary N) is 2. The Labute approximate surface area is 135 Å². The number of carboxylic acid groups (broad SMARTS) is 1. The van der Waals surface area contributed by atoms with Crippen LogP contribution in [0.2, 0.25) is 0 Å². The highest BCUT2D eigenvalue weighted by atomic mass is 79.9. The van der Waals surface area contributed by atoms with Crippen molar-refractivity contribution in [3.63, 3.8) is 0 Å². The molecule has 1 aliphatic heterocycles. The number of carbonyl (C=O) groups is 2.